The standard InChI is InChI=1S/C21H20S.Hg/c1-16-4-10-19(11-5-16)22(20-12-6-17(2)7-13-20)21-14-8-18(3)9-15-21;/h4-8,10-15H,1-3H3;/q+1;. The molecule has 0 aromatic heterocycles. The molecule has 0 aliphatic heterocycles. The summed E-state index contributed by atoms with van der Waals surface area (Å²) in [7, 11) is -0.0186. The van der Waals surface area contributed by atoms with E-state index in [4.69, 9.17) is 0 Å². The van der Waals surface area contributed by atoms with Crippen LogP contribution in [-0.4, -0.2) is 0 Å². The van der Waals surface area contributed by atoms with Crippen molar-refractivity contribution >= 4 is 14.0 Å². The van der Waals surface area contributed by atoms with Crippen molar-refractivity contribution in [3.63, 3.8) is 0 Å². The molecular formula is C21H20HgS+. The van der Waals surface area contributed by atoms with Crippen molar-refractivity contribution in [1.82, 2.24) is 0 Å². The fourth-order valence-corrected chi connectivity index (χ4v) is 6.52. The van der Waals surface area contributed by atoms with Crippen LogP contribution in [0.3, 0.4) is 0 Å². The summed E-state index contributed by atoms with van der Waals surface area (Å²) in [5.41, 5.74) is 4.07. The number of hydrogen-bond acceptors (Lipinski definition) is 0. The molecule has 0 bridgehead atoms. The van der Waals surface area contributed by atoms with Gasteiger partial charge in [-0.3, -0.25) is 0 Å². The Labute approximate surface area is 158 Å². The topological polar surface area (TPSA) is 0 Å². The first-order chi connectivity index (χ1) is 11.0. The Morgan fingerprint density at radius 3 is 1.48 bits per heavy atom. The molecule has 3 aromatic rings. The van der Waals surface area contributed by atoms with Crippen LogP contribution in [0.5, 0.6) is 0 Å². The predicted molar refractivity (Wildman–Crippen MR) is 95.3 cm³/mol. The van der Waals surface area contributed by atoms with Crippen LogP contribution in [0.1, 0.15) is 16.7 Å². The Morgan fingerprint density at radius 1 is 0.609 bits per heavy atom. The van der Waals surface area contributed by atoms with E-state index in [0.717, 1.165) is 0 Å². The first-order valence-electron chi connectivity index (χ1n) is 7.85. The Morgan fingerprint density at radius 2 is 1.04 bits per heavy atom. The molecule has 0 aliphatic rings. The van der Waals surface area contributed by atoms with Crippen LogP contribution in [0.2, 0.25) is 0 Å². The van der Waals surface area contributed by atoms with Gasteiger partial charge < -0.3 is 0 Å². The van der Waals surface area contributed by atoms with Crippen molar-refractivity contribution in [3.05, 3.63) is 83.4 Å². The quantitative estimate of drug-likeness (QED) is 0.352. The summed E-state index contributed by atoms with van der Waals surface area (Å²) in [5, 5.41) is 0. The second-order valence-electron chi connectivity index (χ2n) is 6.02. The summed E-state index contributed by atoms with van der Waals surface area (Å²) < 4.78 is 1.55. The molecule has 3 aromatic carbocycles. The molecule has 23 heavy (non-hydrogen) atoms. The van der Waals surface area contributed by atoms with Crippen molar-refractivity contribution in [2.24, 2.45) is 0 Å². The molecule has 0 saturated heterocycles. The van der Waals surface area contributed by atoms with E-state index >= 15 is 0 Å². The van der Waals surface area contributed by atoms with E-state index in [9.17, 15) is 0 Å². The zero-order chi connectivity index (χ0) is 16.4. The Bertz CT molecular complexity index is 759. The molecule has 0 N–H and O–H groups in total. The summed E-state index contributed by atoms with van der Waals surface area (Å²) in [6, 6.07) is 25.1. The van der Waals surface area contributed by atoms with Crippen molar-refractivity contribution in [2.45, 2.75) is 35.5 Å². The van der Waals surface area contributed by atoms with Gasteiger partial charge in [-0.2, -0.15) is 0 Å². The average molecular weight is 505 g/mol. The molecule has 2 heteroatoms. The van der Waals surface area contributed by atoms with Gasteiger partial charge >= 0.3 is 159 Å². The minimum absolute atomic E-state index is 0.0186. The first-order valence-corrected chi connectivity index (χ1v) is 11.8. The molecule has 0 saturated carbocycles. The maximum atomic E-state index is 2.43. The van der Waals surface area contributed by atoms with Gasteiger partial charge in [0.15, 0.2) is 0 Å². The van der Waals surface area contributed by atoms with E-state index in [1.807, 2.05) is 0 Å². The molecule has 0 aliphatic carbocycles. The second kappa shape index (κ2) is 7.23. The summed E-state index contributed by atoms with van der Waals surface area (Å²) in [6.45, 7) is 6.53. The number of aryl methyl sites for hydroxylation is 3. The summed E-state index contributed by atoms with van der Waals surface area (Å²) >= 11 is 0.656. The molecule has 0 unspecified atom stereocenters. The number of hydrogen-bond donors (Lipinski definition) is 0. The second-order valence-corrected chi connectivity index (χ2v) is 11.0. The van der Waals surface area contributed by atoms with E-state index in [-0.39, 0.29) is 10.9 Å². The molecule has 0 heterocycles. The molecule has 0 atom stereocenters. The first kappa shape index (κ1) is 16.8. The van der Waals surface area contributed by atoms with Gasteiger partial charge in [0.25, 0.3) is 0 Å². The van der Waals surface area contributed by atoms with E-state index in [0.29, 0.717) is 26.1 Å². The fraction of sp³-hybridized carbons (Fsp3) is 0.143. The average Bonchev–Trinajstić information content (AvgIpc) is 2.55. The van der Waals surface area contributed by atoms with E-state index in [1.165, 1.54) is 31.4 Å². The molecule has 3 rings (SSSR count). The minimum atomic E-state index is -0.0186. The van der Waals surface area contributed by atoms with Crippen LogP contribution in [-0.2, 0) is 37.0 Å². The summed E-state index contributed by atoms with van der Waals surface area (Å²) in [4.78, 5) is 4.24. The van der Waals surface area contributed by atoms with E-state index in [2.05, 4.69) is 87.5 Å². The zero-order valence-corrected chi connectivity index (χ0v) is 20.3. The zero-order valence-electron chi connectivity index (χ0n) is 14.0. The van der Waals surface area contributed by atoms with Gasteiger partial charge in [0.1, 0.15) is 0 Å². The van der Waals surface area contributed by atoms with Crippen LogP contribution in [0.4, 0.5) is 0 Å². The van der Waals surface area contributed by atoms with Crippen LogP contribution in [0, 0.1) is 20.8 Å². The van der Waals surface area contributed by atoms with Crippen LogP contribution < -0.4 is 3.07 Å². The summed E-state index contributed by atoms with van der Waals surface area (Å²) in [6.07, 6.45) is 0. The van der Waals surface area contributed by atoms with E-state index < -0.39 is 0 Å². The molecule has 0 amide bonds. The van der Waals surface area contributed by atoms with Crippen molar-refractivity contribution < 1.29 is 26.1 Å². The Hall–Kier alpha value is -1.05. The van der Waals surface area contributed by atoms with Gasteiger partial charge in [-0.15, -0.1) is 0 Å². The monoisotopic (exact) mass is 506 g/mol. The van der Waals surface area contributed by atoms with E-state index in [1.54, 1.807) is 3.07 Å². The van der Waals surface area contributed by atoms with Gasteiger partial charge in [0, 0.05) is 0 Å². The van der Waals surface area contributed by atoms with Crippen molar-refractivity contribution in [1.29, 1.82) is 0 Å². The number of benzene rings is 3. The molecule has 111 valence electrons. The third-order valence-electron chi connectivity index (χ3n) is 4.07. The molecule has 0 spiro atoms. The summed E-state index contributed by atoms with van der Waals surface area (Å²) in [5.74, 6) is 0. The molecule has 0 radical (unpaired) electrons. The maximum absolute atomic E-state index is 2.43. The third-order valence-corrected chi connectivity index (χ3v) is 9.24. The fourth-order valence-electron chi connectivity index (χ4n) is 2.53. The van der Waals surface area contributed by atoms with Gasteiger partial charge in [-0.1, -0.05) is 0 Å². The van der Waals surface area contributed by atoms with Crippen molar-refractivity contribution in [3.8, 4) is 0 Å². The third kappa shape index (κ3) is 3.89. The van der Waals surface area contributed by atoms with Gasteiger partial charge in [-0.25, -0.2) is 0 Å². The van der Waals surface area contributed by atoms with Crippen LogP contribution >= 0.6 is 0 Å². The van der Waals surface area contributed by atoms with Crippen LogP contribution in [0.15, 0.2) is 81.4 Å². The van der Waals surface area contributed by atoms with Crippen LogP contribution in [0.25, 0.3) is 0 Å². The normalized spacial score (nSPS) is 11.0. The molecule has 0 fully saturated rings. The number of rotatable bonds is 3. The van der Waals surface area contributed by atoms with Crippen molar-refractivity contribution in [2.75, 3.05) is 0 Å². The molecule has 0 nitrogen and oxygen atoms in total. The predicted octanol–water partition coefficient (Wildman–Crippen LogP) is 4.88. The Kier molecular flexibility index (Phi) is 5.28. The molecular weight excluding hydrogens is 485 g/mol. The SMILES string of the molecule is Cc1ccc([S+](c2ccc(C)cc2)c2ccc(C)[c]([Hg])c2)cc1. The van der Waals surface area contributed by atoms with Gasteiger partial charge in [0.05, 0.1) is 0 Å². The Balaban J connectivity index is 2.14. The van der Waals surface area contributed by atoms with Gasteiger partial charge in [-0.05, 0) is 0 Å². The van der Waals surface area contributed by atoms with Gasteiger partial charge in [0.2, 0.25) is 0 Å².